The van der Waals surface area contributed by atoms with E-state index in [0.717, 1.165) is 4.88 Å². The fourth-order valence-electron chi connectivity index (χ4n) is 4.35. The number of aromatic nitrogens is 2. The van der Waals surface area contributed by atoms with Gasteiger partial charge in [0.05, 0.1) is 26.8 Å². The van der Waals surface area contributed by atoms with Gasteiger partial charge in [-0.2, -0.15) is 5.26 Å². The molecule has 188 valence electrons. The maximum atomic E-state index is 11.8. The third-order valence-electron chi connectivity index (χ3n) is 6.28. The Bertz CT molecular complexity index is 1390. The lowest BCUT2D eigenvalue weighted by Gasteiger charge is -2.32. The summed E-state index contributed by atoms with van der Waals surface area (Å²) in [5.74, 6) is -0.600. The number of hydrogen-bond acceptors (Lipinski definition) is 7. The molecule has 1 aromatic carbocycles. The maximum Gasteiger partial charge on any atom is 0.353 e. The molecule has 0 aliphatic carbocycles. The zero-order chi connectivity index (χ0) is 25.8. The van der Waals surface area contributed by atoms with E-state index in [1.165, 1.54) is 37.3 Å². The molecule has 8 nitrogen and oxygen atoms in total. The van der Waals surface area contributed by atoms with E-state index < -0.39 is 5.97 Å². The summed E-state index contributed by atoms with van der Waals surface area (Å²) in [6, 6.07) is 15.6. The second kappa shape index (κ2) is 11.3. The number of thiophene rings is 1. The average molecular weight is 526 g/mol. The Hall–Kier alpha value is -3.16. The molecule has 0 amide bonds. The van der Waals surface area contributed by atoms with Crippen LogP contribution in [-0.4, -0.2) is 50.9 Å². The molecule has 1 saturated heterocycles. The van der Waals surface area contributed by atoms with Gasteiger partial charge in [-0.3, -0.25) is 0 Å². The van der Waals surface area contributed by atoms with Gasteiger partial charge in [0.2, 0.25) is 0 Å². The highest BCUT2D eigenvalue weighted by Gasteiger charge is 2.23. The number of benzene rings is 1. The van der Waals surface area contributed by atoms with Gasteiger partial charge in [-0.15, -0.1) is 11.3 Å². The number of nitrogens with zero attached hydrogens (tertiary/aromatic N) is 4. The first-order valence-corrected chi connectivity index (χ1v) is 12.9. The van der Waals surface area contributed by atoms with E-state index in [2.05, 4.69) is 23.9 Å². The molecule has 0 bridgehead atoms. The third kappa shape index (κ3) is 5.63. The second-order valence-corrected chi connectivity index (χ2v) is 10.7. The Balaban J connectivity index is 0.000000256. The molecule has 0 atom stereocenters. The van der Waals surface area contributed by atoms with E-state index in [1.54, 1.807) is 41.0 Å². The summed E-state index contributed by atoms with van der Waals surface area (Å²) < 4.78 is 7.57. The summed E-state index contributed by atoms with van der Waals surface area (Å²) in [4.78, 5) is 15.1. The lowest BCUT2D eigenvalue weighted by molar-refractivity contribution is 0.0685. The minimum Gasteiger partial charge on any atom is -0.477 e. The number of fused-ring (bicyclic) bond motifs is 1. The Morgan fingerprint density at radius 1 is 1.31 bits per heavy atom. The molecule has 1 fully saturated rings. The molecule has 10 heteroatoms. The number of nitriles is 1. The Labute approximate surface area is 218 Å². The van der Waals surface area contributed by atoms with Crippen LogP contribution >= 0.6 is 22.9 Å². The van der Waals surface area contributed by atoms with Crippen LogP contribution in [0.25, 0.3) is 21.5 Å². The van der Waals surface area contributed by atoms with Crippen LogP contribution in [0.3, 0.4) is 0 Å². The third-order valence-corrected chi connectivity index (χ3v) is 7.53. The van der Waals surface area contributed by atoms with Crippen molar-refractivity contribution in [1.82, 2.24) is 14.6 Å². The van der Waals surface area contributed by atoms with Crippen molar-refractivity contribution in [3.63, 3.8) is 0 Å². The van der Waals surface area contributed by atoms with Crippen molar-refractivity contribution in [2.45, 2.75) is 45.3 Å². The molecular weight excluding hydrogens is 498 g/mol. The minimum absolute atomic E-state index is 0.0579. The molecule has 3 aromatic heterocycles. The van der Waals surface area contributed by atoms with E-state index >= 15 is 0 Å². The lowest BCUT2D eigenvalue weighted by Crippen LogP contribution is -2.42. The van der Waals surface area contributed by atoms with Gasteiger partial charge in [0.1, 0.15) is 17.5 Å². The summed E-state index contributed by atoms with van der Waals surface area (Å²) in [5.41, 5.74) is 7.06. The molecule has 0 spiro atoms. The summed E-state index contributed by atoms with van der Waals surface area (Å²) in [6.07, 6.45) is 2.36. The monoisotopic (exact) mass is 525 g/mol. The van der Waals surface area contributed by atoms with Crippen molar-refractivity contribution in [2.24, 2.45) is 5.73 Å². The van der Waals surface area contributed by atoms with Crippen molar-refractivity contribution in [2.75, 3.05) is 13.1 Å². The predicted molar refractivity (Wildman–Crippen MR) is 141 cm³/mol. The van der Waals surface area contributed by atoms with E-state index in [4.69, 9.17) is 21.9 Å². The van der Waals surface area contributed by atoms with Crippen LogP contribution < -0.4 is 5.73 Å². The maximum absolute atomic E-state index is 11.8. The molecule has 36 heavy (non-hydrogen) atoms. The quantitative estimate of drug-likeness (QED) is 0.355. The summed E-state index contributed by atoms with van der Waals surface area (Å²) in [7, 11) is 0. The van der Waals surface area contributed by atoms with E-state index in [1.807, 2.05) is 12.1 Å². The van der Waals surface area contributed by atoms with Gasteiger partial charge < -0.3 is 24.8 Å². The fourth-order valence-corrected chi connectivity index (χ4v) is 5.34. The number of carboxylic acid groups (broad SMARTS) is 1. The molecule has 1 aliphatic heterocycles. The first kappa shape index (κ1) is 25.9. The largest absolute Gasteiger partial charge is 0.477 e. The van der Waals surface area contributed by atoms with Crippen LogP contribution in [0.15, 0.2) is 47.0 Å². The fraction of sp³-hybridized carbons (Fsp3) is 0.346. The zero-order valence-corrected chi connectivity index (χ0v) is 21.7. The molecular formula is C26H28ClN5O3S. The number of likely N-dealkylation sites (tertiary alicyclic amines) is 1. The van der Waals surface area contributed by atoms with Gasteiger partial charge in [0, 0.05) is 23.5 Å². The molecule has 5 rings (SSSR count). The Morgan fingerprint density at radius 2 is 2.03 bits per heavy atom. The first-order valence-electron chi connectivity index (χ1n) is 11.7. The van der Waals surface area contributed by atoms with E-state index in [-0.39, 0.29) is 17.8 Å². The second-order valence-electron chi connectivity index (χ2n) is 9.00. The molecule has 4 heterocycles. The molecule has 3 N–H and O–H groups in total. The van der Waals surface area contributed by atoms with Crippen molar-refractivity contribution in [3.8, 4) is 16.7 Å². The number of carbonyl (C=O) groups is 1. The van der Waals surface area contributed by atoms with Crippen molar-refractivity contribution >= 4 is 39.8 Å². The number of rotatable bonds is 5. The van der Waals surface area contributed by atoms with E-state index in [9.17, 15) is 15.2 Å². The van der Waals surface area contributed by atoms with Crippen molar-refractivity contribution in [1.29, 1.82) is 5.26 Å². The number of piperidine rings is 1. The average Bonchev–Trinajstić information content (AvgIpc) is 3.57. The van der Waals surface area contributed by atoms with Crippen LogP contribution in [0.5, 0.6) is 0 Å². The van der Waals surface area contributed by atoms with Crippen LogP contribution in [-0.2, 0) is 6.54 Å². The number of halogens is 1. The predicted octanol–water partition coefficient (Wildman–Crippen LogP) is 5.45. The van der Waals surface area contributed by atoms with Crippen molar-refractivity contribution in [3.05, 3.63) is 63.8 Å². The van der Waals surface area contributed by atoms with Crippen LogP contribution in [0, 0.1) is 11.3 Å². The van der Waals surface area contributed by atoms with Crippen molar-refractivity contribution < 1.29 is 14.4 Å². The first-order chi connectivity index (χ1) is 17.3. The molecule has 1 aliphatic rings. The summed E-state index contributed by atoms with van der Waals surface area (Å²) in [5, 5.41) is 23.7. The molecule has 0 saturated carbocycles. The highest BCUT2D eigenvalue weighted by Crippen LogP contribution is 2.32. The lowest BCUT2D eigenvalue weighted by atomic mass is 10.1. The van der Waals surface area contributed by atoms with Crippen LogP contribution in [0.2, 0.25) is 4.34 Å². The van der Waals surface area contributed by atoms with Crippen LogP contribution in [0.4, 0.5) is 0 Å². The van der Waals surface area contributed by atoms with Gasteiger partial charge in [0.25, 0.3) is 0 Å². The van der Waals surface area contributed by atoms with Crippen LogP contribution in [0.1, 0.15) is 48.4 Å². The van der Waals surface area contributed by atoms with E-state index in [0.29, 0.717) is 38.8 Å². The van der Waals surface area contributed by atoms with Gasteiger partial charge in [0.15, 0.2) is 5.76 Å². The topological polar surface area (TPSA) is 121 Å². The standard InChI is InChI=1S/C18H10ClN3O3S.C8H18N2/c19-16-6-5-15(26-16)14-7-10(21-25-14)9-22-13-4-2-1-3-11(13)12(8-20)17(22)18(23)24;1-7(2)10-5-3-8(9)4-6-10/h1-7H,9H2,(H,23,24);7-8H,3-6,9H2,1-2H3. The number of para-hydroxylation sites is 1. The molecule has 4 aromatic rings. The Morgan fingerprint density at radius 3 is 2.64 bits per heavy atom. The Kier molecular flexibility index (Phi) is 8.11. The van der Waals surface area contributed by atoms with Gasteiger partial charge in [-0.25, -0.2) is 4.79 Å². The summed E-state index contributed by atoms with van der Waals surface area (Å²) in [6.45, 7) is 7.05. The van der Waals surface area contributed by atoms with Gasteiger partial charge >= 0.3 is 5.97 Å². The SMILES string of the molecule is CC(C)N1CCC(N)CC1.N#Cc1c(C(=O)O)n(Cc2cc(-c3ccc(Cl)s3)on2)c2ccccc12. The number of aromatic carboxylic acids is 1. The molecule has 0 radical (unpaired) electrons. The molecule has 0 unspecified atom stereocenters. The van der Waals surface area contributed by atoms with Gasteiger partial charge in [-0.05, 0) is 58.0 Å². The number of hydrogen-bond donors (Lipinski definition) is 2. The zero-order valence-electron chi connectivity index (χ0n) is 20.1. The highest BCUT2D eigenvalue weighted by atomic mass is 35.5. The normalized spacial score (nSPS) is 14.6. The summed E-state index contributed by atoms with van der Waals surface area (Å²) >= 11 is 7.31. The number of nitrogens with two attached hydrogens (primary N) is 1. The van der Waals surface area contributed by atoms with Gasteiger partial charge in [-0.1, -0.05) is 35.0 Å². The minimum atomic E-state index is -1.16. The number of carboxylic acids is 1. The smallest absolute Gasteiger partial charge is 0.353 e. The highest BCUT2D eigenvalue weighted by molar-refractivity contribution is 7.19.